The average Bonchev–Trinajstić information content (AvgIpc) is 3.48. The SMILES string of the molecule is CN(C)S(C)(=O)=O.Cc1nc2n(CC(=O)N3CCOC(C)C3)ccn2c(=O)c1OCc1ccccc1.O=CSC(C=O)Cc1ccc(F)cc1. The number of halogens is 1. The molecule has 3 heterocycles. The number of sulfonamides is 1. The molecular formula is C34H42FN5O8S2. The molecule has 1 amide bonds. The first-order valence-electron chi connectivity index (χ1n) is 15.5. The Morgan fingerprint density at radius 1 is 1.12 bits per heavy atom. The van der Waals surface area contributed by atoms with E-state index in [2.05, 4.69) is 4.98 Å². The fourth-order valence-corrected chi connectivity index (χ4v) is 5.02. The summed E-state index contributed by atoms with van der Waals surface area (Å²) in [5.74, 6) is 0.320. The van der Waals surface area contributed by atoms with Crippen molar-refractivity contribution < 1.29 is 36.7 Å². The predicted molar refractivity (Wildman–Crippen MR) is 190 cm³/mol. The molecule has 2 unspecified atom stereocenters. The Hall–Kier alpha value is -4.38. The molecule has 5 rings (SSSR count). The van der Waals surface area contributed by atoms with Gasteiger partial charge in [-0.15, -0.1) is 0 Å². The molecule has 1 saturated heterocycles. The van der Waals surface area contributed by atoms with Gasteiger partial charge in [-0.3, -0.25) is 14.4 Å². The lowest BCUT2D eigenvalue weighted by atomic mass is 10.1. The van der Waals surface area contributed by atoms with Gasteiger partial charge in [-0.25, -0.2) is 26.5 Å². The number of thioether (sulfide) groups is 1. The zero-order valence-corrected chi connectivity index (χ0v) is 30.2. The van der Waals surface area contributed by atoms with E-state index < -0.39 is 10.0 Å². The number of imidazole rings is 1. The van der Waals surface area contributed by atoms with Gasteiger partial charge in [0.05, 0.1) is 29.9 Å². The molecule has 0 bridgehead atoms. The minimum Gasteiger partial charge on any atom is -0.482 e. The third-order valence-corrected chi connectivity index (χ3v) is 9.46. The van der Waals surface area contributed by atoms with Gasteiger partial charge < -0.3 is 23.7 Å². The maximum Gasteiger partial charge on any atom is 0.301 e. The van der Waals surface area contributed by atoms with Crippen molar-refractivity contribution in [2.24, 2.45) is 0 Å². The largest absolute Gasteiger partial charge is 0.482 e. The topological polar surface area (TPSA) is 150 Å². The zero-order chi connectivity index (χ0) is 36.8. The first kappa shape index (κ1) is 40.1. The number of amides is 1. The van der Waals surface area contributed by atoms with E-state index >= 15 is 0 Å². The molecule has 0 radical (unpaired) electrons. The highest BCUT2D eigenvalue weighted by molar-refractivity contribution is 8.12. The van der Waals surface area contributed by atoms with Crippen molar-refractivity contribution >= 4 is 45.4 Å². The molecule has 16 heteroatoms. The van der Waals surface area contributed by atoms with E-state index in [1.807, 2.05) is 37.3 Å². The molecule has 270 valence electrons. The normalized spacial score (nSPS) is 14.9. The molecular weight excluding hydrogens is 690 g/mol. The lowest BCUT2D eigenvalue weighted by molar-refractivity contribution is -0.138. The number of aryl methyl sites for hydroxylation is 1. The number of rotatable bonds is 11. The molecule has 0 N–H and O–H groups in total. The predicted octanol–water partition coefficient (Wildman–Crippen LogP) is 3.00. The van der Waals surface area contributed by atoms with Gasteiger partial charge in [0.2, 0.25) is 27.5 Å². The van der Waals surface area contributed by atoms with Gasteiger partial charge in [-0.2, -0.15) is 0 Å². The summed E-state index contributed by atoms with van der Waals surface area (Å²) in [6, 6.07) is 15.5. The van der Waals surface area contributed by atoms with Gasteiger partial charge in [0.15, 0.2) is 5.62 Å². The highest BCUT2D eigenvalue weighted by Gasteiger charge is 2.23. The van der Waals surface area contributed by atoms with Crippen LogP contribution in [0.2, 0.25) is 0 Å². The monoisotopic (exact) mass is 731 g/mol. The number of benzene rings is 2. The van der Waals surface area contributed by atoms with Crippen molar-refractivity contribution in [3.63, 3.8) is 0 Å². The Morgan fingerprint density at radius 2 is 1.78 bits per heavy atom. The molecule has 0 spiro atoms. The molecule has 0 saturated carbocycles. The van der Waals surface area contributed by atoms with Crippen LogP contribution in [0.25, 0.3) is 5.78 Å². The Morgan fingerprint density at radius 3 is 2.36 bits per heavy atom. The number of hydrogen-bond acceptors (Lipinski definition) is 10. The van der Waals surface area contributed by atoms with Gasteiger partial charge in [-0.1, -0.05) is 54.2 Å². The van der Waals surface area contributed by atoms with Gasteiger partial charge in [0.1, 0.15) is 25.3 Å². The van der Waals surface area contributed by atoms with Crippen LogP contribution in [0, 0.1) is 12.7 Å². The number of nitrogens with zero attached hydrogens (tertiary/aromatic N) is 5. The van der Waals surface area contributed by atoms with E-state index in [4.69, 9.17) is 9.47 Å². The molecule has 2 aromatic heterocycles. The second-order valence-electron chi connectivity index (χ2n) is 11.5. The van der Waals surface area contributed by atoms with Crippen LogP contribution < -0.4 is 10.3 Å². The number of aromatic nitrogens is 3. The van der Waals surface area contributed by atoms with Gasteiger partial charge in [0, 0.05) is 39.6 Å². The van der Waals surface area contributed by atoms with E-state index in [-0.39, 0.29) is 40.9 Å². The smallest absolute Gasteiger partial charge is 0.301 e. The van der Waals surface area contributed by atoms with Crippen LogP contribution in [0.1, 0.15) is 23.7 Å². The number of hydrogen-bond donors (Lipinski definition) is 0. The molecule has 1 aliphatic rings. The number of carbonyl (C=O) groups excluding carboxylic acids is 3. The van der Waals surface area contributed by atoms with Crippen molar-refractivity contribution in [1.29, 1.82) is 0 Å². The molecule has 13 nitrogen and oxygen atoms in total. The van der Waals surface area contributed by atoms with Crippen LogP contribution in [-0.2, 0) is 48.7 Å². The molecule has 4 aromatic rings. The number of aldehydes is 1. The number of ether oxygens (including phenoxy) is 2. The van der Waals surface area contributed by atoms with Crippen molar-refractivity contribution in [1.82, 2.24) is 23.2 Å². The second kappa shape index (κ2) is 19.1. The summed E-state index contributed by atoms with van der Waals surface area (Å²) < 4.78 is 48.6. The van der Waals surface area contributed by atoms with Crippen molar-refractivity contribution in [3.8, 4) is 5.75 Å². The minimum absolute atomic E-state index is 0.0189. The summed E-state index contributed by atoms with van der Waals surface area (Å²) in [6.07, 6.45) is 5.69. The maximum atomic E-state index is 12.9. The van der Waals surface area contributed by atoms with Crippen LogP contribution >= 0.6 is 11.8 Å². The molecule has 1 aliphatic heterocycles. The summed E-state index contributed by atoms with van der Waals surface area (Å²) in [5, 5.41) is -0.377. The van der Waals surface area contributed by atoms with Gasteiger partial charge in [0.25, 0.3) is 0 Å². The molecule has 50 heavy (non-hydrogen) atoms. The van der Waals surface area contributed by atoms with Crippen LogP contribution in [0.3, 0.4) is 0 Å². The summed E-state index contributed by atoms with van der Waals surface area (Å²) in [4.78, 5) is 52.5. The second-order valence-corrected chi connectivity index (χ2v) is 14.8. The highest BCUT2D eigenvalue weighted by atomic mass is 32.2. The fraction of sp³-hybridized carbons (Fsp3) is 0.382. The van der Waals surface area contributed by atoms with E-state index in [0.29, 0.717) is 49.8 Å². The molecule has 2 atom stereocenters. The highest BCUT2D eigenvalue weighted by Crippen LogP contribution is 2.15. The first-order valence-corrected chi connectivity index (χ1v) is 18.3. The Bertz CT molecular complexity index is 1880. The van der Waals surface area contributed by atoms with Crippen molar-refractivity contribution in [2.45, 2.75) is 44.8 Å². The standard InChI is InChI=1S/C21H24N4O4.C10H9FO2S.C3H9NO2S/c1-15-12-23(10-11-28-15)18(26)13-24-8-9-25-20(27)19(16(2)22-21(24)25)29-14-17-6-4-3-5-7-17;11-9-3-1-8(2-4-9)5-10(6-12)14-7-13;1-4(2)7(3,5)6/h3-9,15H,10-14H2,1-2H3;1-4,6-7,10H,5H2;1-3H3. The van der Waals surface area contributed by atoms with Gasteiger partial charge >= 0.3 is 5.56 Å². The summed E-state index contributed by atoms with van der Waals surface area (Å²) in [6.45, 7) is 5.79. The maximum absolute atomic E-state index is 12.9. The summed E-state index contributed by atoms with van der Waals surface area (Å²) in [5.41, 5.74) is 2.67. The molecule has 1 fully saturated rings. The molecule has 0 aliphatic carbocycles. The van der Waals surface area contributed by atoms with Crippen molar-refractivity contribution in [2.75, 3.05) is 40.0 Å². The van der Waals surface area contributed by atoms with Crippen LogP contribution in [0.5, 0.6) is 5.75 Å². The fourth-order valence-electron chi connectivity index (χ4n) is 4.52. The van der Waals surface area contributed by atoms with Gasteiger partial charge in [-0.05, 0) is 43.5 Å². The van der Waals surface area contributed by atoms with Crippen molar-refractivity contribution in [3.05, 3.63) is 100.0 Å². The Balaban J connectivity index is 0.000000267. The average molecular weight is 732 g/mol. The summed E-state index contributed by atoms with van der Waals surface area (Å²) >= 11 is 0.933. The number of morpholine rings is 1. The Labute approximate surface area is 295 Å². The van der Waals surface area contributed by atoms with E-state index in [1.54, 1.807) is 40.9 Å². The zero-order valence-electron chi connectivity index (χ0n) is 28.6. The van der Waals surface area contributed by atoms with E-state index in [9.17, 15) is 32.0 Å². The molecule has 2 aromatic carbocycles. The first-order chi connectivity index (χ1) is 23.7. The third kappa shape index (κ3) is 12.2. The Kier molecular flexibility index (Phi) is 15.3. The number of carbonyl (C=O) groups is 3. The van der Waals surface area contributed by atoms with E-state index in [0.717, 1.165) is 39.7 Å². The van der Waals surface area contributed by atoms with E-state index in [1.165, 1.54) is 30.6 Å². The number of fused-ring (bicyclic) bond motifs is 1. The van der Waals surface area contributed by atoms with Crippen LogP contribution in [0.4, 0.5) is 4.39 Å². The van der Waals surface area contributed by atoms with Crippen LogP contribution in [0.15, 0.2) is 71.8 Å². The third-order valence-electron chi connectivity index (χ3n) is 7.40. The minimum atomic E-state index is -2.91. The quantitative estimate of drug-likeness (QED) is 0.211. The van der Waals surface area contributed by atoms with Crippen LogP contribution in [-0.4, -0.2) is 101 Å². The lowest BCUT2D eigenvalue weighted by Crippen LogP contribution is -2.45. The lowest BCUT2D eigenvalue weighted by Gasteiger charge is -2.31. The summed E-state index contributed by atoms with van der Waals surface area (Å²) in [7, 11) is 0.0833.